The van der Waals surface area contributed by atoms with Gasteiger partial charge in [-0.2, -0.15) is 0 Å². The Labute approximate surface area is 107 Å². The molecule has 0 fully saturated rings. The van der Waals surface area contributed by atoms with E-state index in [0.29, 0.717) is 11.6 Å². The molecule has 5 nitrogen and oxygen atoms in total. The Morgan fingerprint density at radius 3 is 2.39 bits per heavy atom. The lowest BCUT2D eigenvalue weighted by atomic mass is 10.0. The third-order valence-electron chi connectivity index (χ3n) is 2.54. The molecule has 0 radical (unpaired) electrons. The molecule has 1 unspecified atom stereocenters. The second-order valence-corrected chi connectivity index (χ2v) is 4.45. The van der Waals surface area contributed by atoms with E-state index in [4.69, 9.17) is 10.2 Å². The molecule has 0 aliphatic rings. The summed E-state index contributed by atoms with van der Waals surface area (Å²) >= 11 is 0. The molecule has 0 aliphatic heterocycles. The molecule has 18 heavy (non-hydrogen) atoms. The van der Waals surface area contributed by atoms with Gasteiger partial charge in [0.05, 0.1) is 12.7 Å². The van der Waals surface area contributed by atoms with Crippen molar-refractivity contribution in [3.8, 4) is 0 Å². The van der Waals surface area contributed by atoms with Crippen molar-refractivity contribution in [2.75, 3.05) is 18.5 Å². The lowest BCUT2D eigenvalue weighted by molar-refractivity contribution is 0.0965. The van der Waals surface area contributed by atoms with E-state index in [9.17, 15) is 4.79 Å². The van der Waals surface area contributed by atoms with Crippen LogP contribution in [-0.4, -0.2) is 35.5 Å². The number of hydrogen-bond acceptors (Lipinski definition) is 3. The zero-order valence-corrected chi connectivity index (χ0v) is 10.7. The summed E-state index contributed by atoms with van der Waals surface area (Å²) in [5.41, 5.74) is 1.90. The molecule has 1 rings (SSSR count). The van der Waals surface area contributed by atoms with Crippen LogP contribution in [0.5, 0.6) is 0 Å². The molecule has 2 amide bonds. The summed E-state index contributed by atoms with van der Waals surface area (Å²) in [6.45, 7) is 3.85. The summed E-state index contributed by atoms with van der Waals surface area (Å²) in [4.78, 5) is 11.4. The van der Waals surface area contributed by atoms with Gasteiger partial charge in [-0.1, -0.05) is 26.0 Å². The number of carbonyl (C=O) groups excluding carboxylic acids is 1. The molecule has 4 N–H and O–H groups in total. The van der Waals surface area contributed by atoms with Gasteiger partial charge < -0.3 is 20.8 Å². The largest absolute Gasteiger partial charge is 0.394 e. The molecule has 5 heteroatoms. The van der Waals surface area contributed by atoms with Crippen molar-refractivity contribution in [1.82, 2.24) is 5.32 Å². The molecule has 0 saturated heterocycles. The highest BCUT2D eigenvalue weighted by Crippen LogP contribution is 2.16. The maximum absolute atomic E-state index is 11.4. The van der Waals surface area contributed by atoms with Crippen LogP contribution in [0.15, 0.2) is 24.3 Å². The zero-order valence-electron chi connectivity index (χ0n) is 10.7. The Bertz CT molecular complexity index is 376. The topological polar surface area (TPSA) is 81.6 Å². The molecule has 1 atom stereocenters. The van der Waals surface area contributed by atoms with Crippen molar-refractivity contribution in [3.63, 3.8) is 0 Å². The number of carbonyl (C=O) groups is 1. The summed E-state index contributed by atoms with van der Waals surface area (Å²) in [5, 5.41) is 22.8. The van der Waals surface area contributed by atoms with Crippen molar-refractivity contribution in [1.29, 1.82) is 0 Å². The lowest BCUT2D eigenvalue weighted by Gasteiger charge is -2.11. The van der Waals surface area contributed by atoms with Crippen molar-refractivity contribution in [3.05, 3.63) is 29.8 Å². The second kappa shape index (κ2) is 6.98. The Hall–Kier alpha value is -1.59. The molecule has 100 valence electrons. The molecule has 0 aromatic heterocycles. The van der Waals surface area contributed by atoms with Crippen molar-refractivity contribution in [2.45, 2.75) is 25.9 Å². The van der Waals surface area contributed by atoms with Crippen LogP contribution in [0, 0.1) is 0 Å². The normalized spacial score (nSPS) is 12.3. The fourth-order valence-electron chi connectivity index (χ4n) is 1.40. The molecule has 0 saturated carbocycles. The fourth-order valence-corrected chi connectivity index (χ4v) is 1.40. The molecular formula is C13H20N2O3. The predicted octanol–water partition coefficient (Wildman–Crippen LogP) is 1.28. The van der Waals surface area contributed by atoms with E-state index < -0.39 is 12.1 Å². The Morgan fingerprint density at radius 1 is 1.28 bits per heavy atom. The van der Waals surface area contributed by atoms with Crippen LogP contribution >= 0.6 is 0 Å². The maximum Gasteiger partial charge on any atom is 0.319 e. The van der Waals surface area contributed by atoms with Crippen LogP contribution in [0.2, 0.25) is 0 Å². The molecule has 0 heterocycles. The van der Waals surface area contributed by atoms with Crippen LogP contribution in [-0.2, 0) is 0 Å². The number of anilines is 1. The smallest absolute Gasteiger partial charge is 0.319 e. The predicted molar refractivity (Wildman–Crippen MR) is 70.6 cm³/mol. The number of amides is 2. The number of rotatable bonds is 5. The highest BCUT2D eigenvalue weighted by molar-refractivity contribution is 5.89. The van der Waals surface area contributed by atoms with Crippen LogP contribution in [0.25, 0.3) is 0 Å². The van der Waals surface area contributed by atoms with Crippen molar-refractivity contribution in [2.24, 2.45) is 0 Å². The molecule has 1 aromatic carbocycles. The van der Waals surface area contributed by atoms with E-state index in [1.54, 1.807) is 0 Å². The highest BCUT2D eigenvalue weighted by Gasteiger charge is 2.06. The van der Waals surface area contributed by atoms with Gasteiger partial charge in [0.25, 0.3) is 0 Å². The van der Waals surface area contributed by atoms with E-state index in [-0.39, 0.29) is 13.2 Å². The van der Waals surface area contributed by atoms with Gasteiger partial charge in [0.15, 0.2) is 0 Å². The monoisotopic (exact) mass is 252 g/mol. The van der Waals surface area contributed by atoms with Crippen molar-refractivity contribution >= 4 is 11.7 Å². The average molecular weight is 252 g/mol. The number of nitrogens with one attached hydrogen (secondary N) is 2. The highest BCUT2D eigenvalue weighted by atomic mass is 16.3. The Kier molecular flexibility index (Phi) is 5.61. The zero-order chi connectivity index (χ0) is 13.5. The van der Waals surface area contributed by atoms with E-state index in [1.165, 1.54) is 5.56 Å². The van der Waals surface area contributed by atoms with Gasteiger partial charge in [-0.25, -0.2) is 4.79 Å². The van der Waals surface area contributed by atoms with Gasteiger partial charge in [-0.15, -0.1) is 0 Å². The average Bonchev–Trinajstić information content (AvgIpc) is 2.36. The van der Waals surface area contributed by atoms with Gasteiger partial charge in [0.2, 0.25) is 0 Å². The first-order valence-electron chi connectivity index (χ1n) is 5.96. The minimum atomic E-state index is -0.931. The first-order chi connectivity index (χ1) is 8.52. The van der Waals surface area contributed by atoms with Gasteiger partial charge in [-0.05, 0) is 23.6 Å². The molecular weight excluding hydrogens is 232 g/mol. The second-order valence-electron chi connectivity index (χ2n) is 4.45. The Balaban J connectivity index is 2.44. The van der Waals surface area contributed by atoms with E-state index in [1.807, 2.05) is 24.3 Å². The minimum Gasteiger partial charge on any atom is -0.394 e. The number of hydrogen-bond donors (Lipinski definition) is 4. The third-order valence-corrected chi connectivity index (χ3v) is 2.54. The molecule has 1 aromatic rings. The molecule has 0 bridgehead atoms. The van der Waals surface area contributed by atoms with Crippen LogP contribution in [0.4, 0.5) is 10.5 Å². The number of aliphatic hydroxyl groups is 2. The van der Waals surface area contributed by atoms with Gasteiger partial charge in [-0.3, -0.25) is 0 Å². The third kappa shape index (κ3) is 4.73. The first-order valence-corrected chi connectivity index (χ1v) is 5.96. The van der Waals surface area contributed by atoms with Crippen molar-refractivity contribution < 1.29 is 15.0 Å². The van der Waals surface area contributed by atoms with Gasteiger partial charge in [0.1, 0.15) is 0 Å². The van der Waals surface area contributed by atoms with Gasteiger partial charge >= 0.3 is 6.03 Å². The Morgan fingerprint density at radius 2 is 1.89 bits per heavy atom. The SMILES string of the molecule is CC(C)c1ccc(NC(=O)NCC(O)CO)cc1. The summed E-state index contributed by atoms with van der Waals surface area (Å²) in [6.07, 6.45) is -0.931. The number of benzene rings is 1. The van der Waals surface area contributed by atoms with Crippen LogP contribution in [0.3, 0.4) is 0 Å². The summed E-state index contributed by atoms with van der Waals surface area (Å²) in [7, 11) is 0. The van der Waals surface area contributed by atoms with E-state index in [0.717, 1.165) is 0 Å². The minimum absolute atomic E-state index is 0.0202. The summed E-state index contributed by atoms with van der Waals surface area (Å²) in [6, 6.07) is 7.18. The quantitative estimate of drug-likeness (QED) is 0.637. The first kappa shape index (κ1) is 14.5. The standard InChI is InChI=1S/C13H20N2O3/c1-9(2)10-3-5-11(6-4-10)15-13(18)14-7-12(17)8-16/h3-6,9,12,16-17H,7-8H2,1-2H3,(H2,14,15,18). The summed E-state index contributed by atoms with van der Waals surface area (Å²) in [5.74, 6) is 0.451. The van der Waals surface area contributed by atoms with Crippen LogP contribution < -0.4 is 10.6 Å². The number of aliphatic hydroxyl groups excluding tert-OH is 2. The lowest BCUT2D eigenvalue weighted by Crippen LogP contribution is -2.36. The van der Waals surface area contributed by atoms with Crippen LogP contribution in [0.1, 0.15) is 25.3 Å². The maximum atomic E-state index is 11.4. The molecule has 0 aliphatic carbocycles. The fraction of sp³-hybridized carbons (Fsp3) is 0.462. The number of urea groups is 1. The molecule has 0 spiro atoms. The van der Waals surface area contributed by atoms with E-state index in [2.05, 4.69) is 24.5 Å². The van der Waals surface area contributed by atoms with E-state index >= 15 is 0 Å². The van der Waals surface area contributed by atoms with Gasteiger partial charge in [0, 0.05) is 12.2 Å². The summed E-state index contributed by atoms with van der Waals surface area (Å²) < 4.78 is 0.